The maximum Gasteiger partial charge on any atom is 0.414 e. The van der Waals surface area contributed by atoms with Crippen LogP contribution < -0.4 is 4.90 Å². The van der Waals surface area contributed by atoms with E-state index in [2.05, 4.69) is 13.8 Å². The first-order valence-corrected chi connectivity index (χ1v) is 12.4. The smallest absolute Gasteiger partial charge is 0.414 e. The number of carbonyl (C=O) groups excluding carboxylic acids is 2. The van der Waals surface area contributed by atoms with Gasteiger partial charge in [-0.2, -0.15) is 0 Å². The molecular formula is C28H35NO6. The maximum absolute atomic E-state index is 14.3. The van der Waals surface area contributed by atoms with Crippen LogP contribution in [0.5, 0.6) is 0 Å². The number of hydrogen-bond donors (Lipinski definition) is 3. The summed E-state index contributed by atoms with van der Waals surface area (Å²) in [6.07, 6.45) is 0.594. The Balaban J connectivity index is 1.60. The van der Waals surface area contributed by atoms with Crippen LogP contribution >= 0.6 is 0 Å². The Hall–Kier alpha value is -2.48. The number of ether oxygens (including phenoxy) is 1. The van der Waals surface area contributed by atoms with E-state index in [4.69, 9.17) is 4.74 Å². The highest BCUT2D eigenvalue weighted by Crippen LogP contribution is 2.71. The van der Waals surface area contributed by atoms with Gasteiger partial charge < -0.3 is 20.1 Å². The summed E-state index contributed by atoms with van der Waals surface area (Å²) in [4.78, 5) is 28.9. The molecule has 8 atom stereocenters. The minimum atomic E-state index is -2.13. The lowest BCUT2D eigenvalue weighted by Gasteiger charge is -2.48. The van der Waals surface area contributed by atoms with Crippen LogP contribution in [0.3, 0.4) is 0 Å². The topological polar surface area (TPSA) is 107 Å². The standard InChI is InChI=1S/C28H35NO6/c1-15-13-27-16(2)11-20-21(26(20,3)4)19(23(27)32)12-17(14-30)22(31)28(27,34)24(15)35-25(33)29(5)18-9-7-6-8-10-18/h6-10,12-13,16,19-22,24,30-31,34H,11,14H2,1-5H3/t16-,19+,20-,21+,22-,24+,27+,28+/m1/s1. The van der Waals surface area contributed by atoms with Crippen molar-refractivity contribution in [3.05, 3.63) is 53.6 Å². The van der Waals surface area contributed by atoms with Crippen molar-refractivity contribution in [3.8, 4) is 0 Å². The number of nitrogens with zero attached hydrogens (tertiary/aromatic N) is 1. The molecule has 5 rings (SSSR count). The fourth-order valence-corrected chi connectivity index (χ4v) is 7.53. The molecule has 7 heteroatoms. The van der Waals surface area contributed by atoms with Gasteiger partial charge in [0.1, 0.15) is 6.10 Å². The Labute approximate surface area is 206 Å². The Morgan fingerprint density at radius 1 is 1.23 bits per heavy atom. The molecule has 188 valence electrons. The molecule has 1 spiro atoms. The molecule has 0 aromatic heterocycles. The first kappa shape index (κ1) is 24.2. The van der Waals surface area contributed by atoms with Crippen molar-refractivity contribution in [3.63, 3.8) is 0 Å². The number of ketones is 1. The van der Waals surface area contributed by atoms with Crippen LogP contribution in [-0.4, -0.2) is 58.7 Å². The van der Waals surface area contributed by atoms with Gasteiger partial charge in [0.25, 0.3) is 0 Å². The third-order valence-electron chi connectivity index (χ3n) is 9.53. The summed E-state index contributed by atoms with van der Waals surface area (Å²) in [5.74, 6) is -0.627. The molecule has 0 unspecified atom stereocenters. The lowest BCUT2D eigenvalue weighted by Crippen LogP contribution is -2.66. The number of para-hydroxylation sites is 1. The van der Waals surface area contributed by atoms with Gasteiger partial charge in [-0.1, -0.05) is 51.1 Å². The molecule has 2 fully saturated rings. The van der Waals surface area contributed by atoms with Gasteiger partial charge in [-0.25, -0.2) is 4.79 Å². The Bertz CT molecular complexity index is 1130. The Kier molecular flexibility index (Phi) is 5.37. The lowest BCUT2D eigenvalue weighted by molar-refractivity contribution is -0.189. The number of Topliss-reactive ketones (excluding diaryl/α,β-unsaturated/α-hetero) is 1. The van der Waals surface area contributed by atoms with E-state index in [9.17, 15) is 24.9 Å². The number of amides is 1. The van der Waals surface area contributed by atoms with Gasteiger partial charge in [0.05, 0.1) is 12.0 Å². The van der Waals surface area contributed by atoms with Crippen LogP contribution in [0.2, 0.25) is 0 Å². The highest BCUT2D eigenvalue weighted by Gasteiger charge is 2.76. The first-order chi connectivity index (χ1) is 16.4. The summed E-state index contributed by atoms with van der Waals surface area (Å²) in [7, 11) is 1.57. The van der Waals surface area contributed by atoms with Crippen LogP contribution in [0, 0.1) is 34.5 Å². The molecule has 0 radical (unpaired) electrons. The normalized spacial score (nSPS) is 41.0. The largest absolute Gasteiger partial charge is 0.438 e. The van der Waals surface area contributed by atoms with Gasteiger partial charge in [-0.3, -0.25) is 9.69 Å². The Morgan fingerprint density at radius 2 is 1.89 bits per heavy atom. The van der Waals surface area contributed by atoms with E-state index in [-0.39, 0.29) is 28.6 Å². The SMILES string of the molecule is CC1=C[C@]23C(=O)[C@@H](C=C(CO)[C@@H](O)[C@]2(O)[C@H]1OC(=O)N(C)c1ccccc1)[C@H]1[C@@H](C[C@H]3C)C1(C)C. The zero-order chi connectivity index (χ0) is 25.5. The molecule has 0 aliphatic heterocycles. The van der Waals surface area contributed by atoms with Crippen molar-refractivity contribution < 1.29 is 29.6 Å². The van der Waals surface area contributed by atoms with E-state index in [1.807, 2.05) is 13.0 Å². The number of hydrogen-bond acceptors (Lipinski definition) is 6. The predicted octanol–water partition coefficient (Wildman–Crippen LogP) is 3.10. The molecule has 7 nitrogen and oxygen atoms in total. The second kappa shape index (κ2) is 7.76. The van der Waals surface area contributed by atoms with E-state index in [0.717, 1.165) is 0 Å². The van der Waals surface area contributed by atoms with Crippen LogP contribution in [-0.2, 0) is 9.53 Å². The van der Waals surface area contributed by atoms with Crippen molar-refractivity contribution in [1.29, 1.82) is 0 Å². The summed E-state index contributed by atoms with van der Waals surface area (Å²) in [5.41, 5.74) is -2.28. The van der Waals surface area contributed by atoms with E-state index >= 15 is 0 Å². The van der Waals surface area contributed by atoms with Crippen molar-refractivity contribution in [1.82, 2.24) is 0 Å². The highest BCUT2D eigenvalue weighted by molar-refractivity contribution is 5.95. The lowest BCUT2D eigenvalue weighted by atomic mass is 9.59. The summed E-state index contributed by atoms with van der Waals surface area (Å²) in [5, 5.41) is 34.2. The molecule has 35 heavy (non-hydrogen) atoms. The van der Waals surface area contributed by atoms with Crippen molar-refractivity contribution >= 4 is 17.6 Å². The molecular weight excluding hydrogens is 446 g/mol. The first-order valence-electron chi connectivity index (χ1n) is 12.4. The van der Waals surface area contributed by atoms with Crippen molar-refractivity contribution in [2.45, 2.75) is 51.9 Å². The number of anilines is 1. The van der Waals surface area contributed by atoms with Crippen LogP contribution in [0.25, 0.3) is 0 Å². The number of fused-ring (bicyclic) bond motifs is 3. The molecule has 4 aliphatic rings. The molecule has 4 aliphatic carbocycles. The van der Waals surface area contributed by atoms with Gasteiger partial charge in [0, 0.05) is 18.7 Å². The second-order valence-corrected chi connectivity index (χ2v) is 11.5. The number of aliphatic hydroxyl groups excluding tert-OH is 2. The molecule has 1 aromatic rings. The number of aliphatic hydroxyl groups is 3. The van der Waals surface area contributed by atoms with Crippen LogP contribution in [0.15, 0.2) is 53.6 Å². The summed E-state index contributed by atoms with van der Waals surface area (Å²) in [6, 6.07) is 8.96. The van der Waals surface area contributed by atoms with E-state index < -0.39 is 41.8 Å². The predicted molar refractivity (Wildman–Crippen MR) is 130 cm³/mol. The number of benzene rings is 1. The average molecular weight is 482 g/mol. The molecule has 0 heterocycles. The number of allylic oxidation sites excluding steroid dienone is 1. The third-order valence-corrected chi connectivity index (χ3v) is 9.53. The quantitative estimate of drug-likeness (QED) is 0.573. The minimum absolute atomic E-state index is 0.0394. The molecule has 0 saturated heterocycles. The minimum Gasteiger partial charge on any atom is -0.438 e. The highest BCUT2D eigenvalue weighted by atomic mass is 16.6. The molecule has 1 aromatic carbocycles. The van der Waals surface area contributed by atoms with Gasteiger partial charge in [-0.05, 0) is 59.8 Å². The molecule has 3 N–H and O–H groups in total. The molecule has 1 amide bonds. The maximum atomic E-state index is 14.3. The van der Waals surface area contributed by atoms with Gasteiger partial charge >= 0.3 is 6.09 Å². The molecule has 2 saturated carbocycles. The van der Waals surface area contributed by atoms with Gasteiger partial charge in [-0.15, -0.1) is 0 Å². The third kappa shape index (κ3) is 3.01. The monoisotopic (exact) mass is 481 g/mol. The van der Waals surface area contributed by atoms with E-state index in [1.165, 1.54) is 4.90 Å². The fraction of sp³-hybridized carbons (Fsp3) is 0.571. The second-order valence-electron chi connectivity index (χ2n) is 11.5. The average Bonchev–Trinajstić information content (AvgIpc) is 3.32. The van der Waals surface area contributed by atoms with E-state index in [0.29, 0.717) is 23.6 Å². The summed E-state index contributed by atoms with van der Waals surface area (Å²) < 4.78 is 5.88. The van der Waals surface area contributed by atoms with Crippen molar-refractivity contribution in [2.75, 3.05) is 18.6 Å². The number of carbonyl (C=O) groups is 2. The van der Waals surface area contributed by atoms with Gasteiger partial charge in [0.2, 0.25) is 0 Å². The van der Waals surface area contributed by atoms with Gasteiger partial charge in [0.15, 0.2) is 17.5 Å². The zero-order valence-corrected chi connectivity index (χ0v) is 20.9. The fourth-order valence-electron chi connectivity index (χ4n) is 7.53. The summed E-state index contributed by atoms with van der Waals surface area (Å²) in [6.45, 7) is 7.47. The van der Waals surface area contributed by atoms with Crippen LogP contribution in [0.1, 0.15) is 34.1 Å². The van der Waals surface area contributed by atoms with Crippen molar-refractivity contribution in [2.24, 2.45) is 34.5 Å². The Morgan fingerprint density at radius 3 is 2.51 bits per heavy atom. The number of rotatable bonds is 3. The van der Waals surface area contributed by atoms with E-state index in [1.54, 1.807) is 50.4 Å². The summed E-state index contributed by atoms with van der Waals surface area (Å²) >= 11 is 0. The molecule has 2 bridgehead atoms. The van der Waals surface area contributed by atoms with Crippen LogP contribution in [0.4, 0.5) is 10.5 Å². The zero-order valence-electron chi connectivity index (χ0n) is 20.9.